The Morgan fingerprint density at radius 2 is 2.19 bits per heavy atom. The molecule has 2 bridgehead atoms. The van der Waals surface area contributed by atoms with Crippen LogP contribution in [0.5, 0.6) is 0 Å². The third kappa shape index (κ3) is 1.92. The van der Waals surface area contributed by atoms with Crippen LogP contribution in [-0.2, 0) is 9.53 Å². The summed E-state index contributed by atoms with van der Waals surface area (Å²) in [6.07, 6.45) is 3.52. The first-order valence-corrected chi connectivity index (χ1v) is 7.56. The Morgan fingerprint density at radius 1 is 1.43 bits per heavy atom. The van der Waals surface area contributed by atoms with E-state index in [2.05, 4.69) is 36.5 Å². The molecule has 2 heterocycles. The van der Waals surface area contributed by atoms with Gasteiger partial charge in [0.1, 0.15) is 5.82 Å². The van der Waals surface area contributed by atoms with Gasteiger partial charge in [0, 0.05) is 5.54 Å². The Bertz CT molecular complexity index is 723. The topological polar surface area (TPSA) is 81.4 Å². The van der Waals surface area contributed by atoms with Gasteiger partial charge in [0.2, 0.25) is 4.73 Å². The van der Waals surface area contributed by atoms with Crippen molar-refractivity contribution in [1.29, 1.82) is 0 Å². The van der Waals surface area contributed by atoms with E-state index in [0.717, 1.165) is 25.1 Å². The molecule has 21 heavy (non-hydrogen) atoms. The number of aromatic nitrogens is 4. The molecular weight excluding hydrogens is 338 g/mol. The van der Waals surface area contributed by atoms with E-state index in [1.165, 1.54) is 7.11 Å². The number of hydrogen-bond acceptors (Lipinski definition) is 6. The monoisotopic (exact) mass is 351 g/mol. The van der Waals surface area contributed by atoms with Gasteiger partial charge in [-0.3, -0.25) is 4.79 Å². The predicted octanol–water partition coefficient (Wildman–Crippen LogP) is 1.78. The number of fused-ring (bicyclic) bond motifs is 1. The number of methoxy groups -OCH3 is 1. The van der Waals surface area contributed by atoms with Crippen LogP contribution in [0.15, 0.2) is 16.9 Å². The lowest BCUT2D eigenvalue weighted by Crippen LogP contribution is -2.71. The summed E-state index contributed by atoms with van der Waals surface area (Å²) in [6.45, 7) is 0. The highest BCUT2D eigenvalue weighted by molar-refractivity contribution is 9.10. The molecule has 2 aromatic rings. The van der Waals surface area contributed by atoms with Gasteiger partial charge in [-0.25, -0.2) is 0 Å². The fourth-order valence-corrected chi connectivity index (χ4v) is 4.14. The summed E-state index contributed by atoms with van der Waals surface area (Å²) in [5.41, 5.74) is 0.948. The van der Waals surface area contributed by atoms with Gasteiger partial charge in [-0.15, -0.1) is 15.3 Å². The standard InChI is InChI=1S/C13H14BrN5O2/c1-21-10(20)4-12-5-13(6-12,7-12)15-8-2-3-9-16-17-11(14)19(9)18-8/h2-3H,4-7H2,1H3,(H,15,18). The molecule has 8 heteroatoms. The van der Waals surface area contributed by atoms with Crippen LogP contribution in [0.2, 0.25) is 0 Å². The van der Waals surface area contributed by atoms with Crippen LogP contribution in [0.25, 0.3) is 5.65 Å². The second kappa shape index (κ2) is 4.16. The van der Waals surface area contributed by atoms with Gasteiger partial charge in [0.25, 0.3) is 0 Å². The fourth-order valence-electron chi connectivity index (χ4n) is 3.80. The zero-order valence-corrected chi connectivity index (χ0v) is 13.1. The summed E-state index contributed by atoms with van der Waals surface area (Å²) < 4.78 is 6.99. The van der Waals surface area contributed by atoms with Crippen LogP contribution in [-0.4, -0.2) is 38.4 Å². The van der Waals surface area contributed by atoms with E-state index in [4.69, 9.17) is 4.74 Å². The van der Waals surface area contributed by atoms with E-state index in [1.807, 2.05) is 12.1 Å². The van der Waals surface area contributed by atoms with E-state index in [-0.39, 0.29) is 16.9 Å². The maximum Gasteiger partial charge on any atom is 0.306 e. The molecule has 3 saturated carbocycles. The van der Waals surface area contributed by atoms with Crippen molar-refractivity contribution >= 4 is 33.4 Å². The quantitative estimate of drug-likeness (QED) is 0.845. The molecule has 0 amide bonds. The molecule has 5 rings (SSSR count). The number of anilines is 1. The Balaban J connectivity index is 1.46. The first kappa shape index (κ1) is 13.0. The number of carbonyl (C=O) groups is 1. The molecule has 1 N–H and O–H groups in total. The van der Waals surface area contributed by atoms with Crippen LogP contribution < -0.4 is 5.32 Å². The molecule has 0 atom stereocenters. The van der Waals surface area contributed by atoms with Crippen molar-refractivity contribution in [3.63, 3.8) is 0 Å². The maximum absolute atomic E-state index is 11.4. The minimum absolute atomic E-state index is 0.0924. The molecule has 0 radical (unpaired) electrons. The lowest BCUT2D eigenvalue weighted by Gasteiger charge is -2.70. The maximum atomic E-state index is 11.4. The average Bonchev–Trinajstić information content (AvgIpc) is 2.76. The van der Waals surface area contributed by atoms with Crippen LogP contribution >= 0.6 is 15.9 Å². The zero-order chi connectivity index (χ0) is 14.7. The zero-order valence-electron chi connectivity index (χ0n) is 11.5. The SMILES string of the molecule is COC(=O)CC12CC(Nc3ccc4nnc(Br)n4n3)(C1)C2. The first-order chi connectivity index (χ1) is 10.0. The normalized spacial score (nSPS) is 29.6. The molecule has 110 valence electrons. The number of hydrogen-bond donors (Lipinski definition) is 1. The largest absolute Gasteiger partial charge is 0.469 e. The van der Waals surface area contributed by atoms with Gasteiger partial charge < -0.3 is 10.1 Å². The molecule has 7 nitrogen and oxygen atoms in total. The van der Waals surface area contributed by atoms with Crippen molar-refractivity contribution in [3.05, 3.63) is 16.9 Å². The molecule has 0 spiro atoms. The number of carbonyl (C=O) groups excluding carboxylic acids is 1. The van der Waals surface area contributed by atoms with Crippen molar-refractivity contribution < 1.29 is 9.53 Å². The first-order valence-electron chi connectivity index (χ1n) is 6.76. The van der Waals surface area contributed by atoms with Gasteiger partial charge in [0.15, 0.2) is 5.65 Å². The van der Waals surface area contributed by atoms with E-state index in [9.17, 15) is 4.79 Å². The third-order valence-electron chi connectivity index (χ3n) is 4.51. The number of halogens is 1. The van der Waals surface area contributed by atoms with Gasteiger partial charge in [-0.05, 0) is 52.7 Å². The van der Waals surface area contributed by atoms with E-state index < -0.39 is 0 Å². The van der Waals surface area contributed by atoms with Crippen LogP contribution in [0.1, 0.15) is 25.7 Å². The summed E-state index contributed by atoms with van der Waals surface area (Å²) in [5.74, 6) is 0.686. The summed E-state index contributed by atoms with van der Waals surface area (Å²) in [7, 11) is 1.44. The Labute approximate surface area is 129 Å². The van der Waals surface area contributed by atoms with Crippen LogP contribution in [0, 0.1) is 5.41 Å². The lowest BCUT2D eigenvalue weighted by atomic mass is 9.38. The second-order valence-corrected chi connectivity index (χ2v) is 6.86. The van der Waals surface area contributed by atoms with Crippen LogP contribution in [0.3, 0.4) is 0 Å². The van der Waals surface area contributed by atoms with Crippen molar-refractivity contribution in [3.8, 4) is 0 Å². The summed E-state index contributed by atoms with van der Waals surface area (Å²) >= 11 is 3.31. The Morgan fingerprint density at radius 3 is 2.90 bits per heavy atom. The number of ether oxygens (including phenoxy) is 1. The average molecular weight is 352 g/mol. The summed E-state index contributed by atoms with van der Waals surface area (Å²) in [4.78, 5) is 11.4. The van der Waals surface area contributed by atoms with Gasteiger partial charge >= 0.3 is 5.97 Å². The minimum atomic E-state index is -0.115. The van der Waals surface area contributed by atoms with Crippen molar-refractivity contribution in [2.75, 3.05) is 12.4 Å². The lowest BCUT2D eigenvalue weighted by molar-refractivity contribution is -0.164. The molecule has 3 aliphatic rings. The molecule has 2 aromatic heterocycles. The molecule has 3 aliphatic carbocycles. The molecule has 0 unspecified atom stereocenters. The second-order valence-electron chi connectivity index (χ2n) is 6.15. The van der Waals surface area contributed by atoms with E-state index >= 15 is 0 Å². The summed E-state index contributed by atoms with van der Waals surface area (Å²) in [5, 5.41) is 15.8. The molecule has 0 saturated heterocycles. The highest BCUT2D eigenvalue weighted by Gasteiger charge is 2.68. The van der Waals surface area contributed by atoms with Gasteiger partial charge in [-0.2, -0.15) is 4.52 Å². The number of rotatable bonds is 4. The summed E-state index contributed by atoms with van der Waals surface area (Å²) in [6, 6.07) is 3.78. The highest BCUT2D eigenvalue weighted by atomic mass is 79.9. The number of nitrogens with zero attached hydrogens (tertiary/aromatic N) is 4. The predicted molar refractivity (Wildman–Crippen MR) is 77.8 cm³/mol. The highest BCUT2D eigenvalue weighted by Crippen LogP contribution is 2.69. The van der Waals surface area contributed by atoms with Crippen LogP contribution in [0.4, 0.5) is 5.82 Å². The van der Waals surface area contributed by atoms with E-state index in [0.29, 0.717) is 16.8 Å². The molecule has 0 aliphatic heterocycles. The van der Waals surface area contributed by atoms with Gasteiger partial charge in [-0.1, -0.05) is 0 Å². The Kier molecular flexibility index (Phi) is 2.57. The molecular formula is C13H14BrN5O2. The molecule has 3 fully saturated rings. The fraction of sp³-hybridized carbons (Fsp3) is 0.538. The minimum Gasteiger partial charge on any atom is -0.469 e. The van der Waals surface area contributed by atoms with Crippen molar-refractivity contribution in [1.82, 2.24) is 19.8 Å². The number of esters is 1. The molecule has 0 aromatic carbocycles. The van der Waals surface area contributed by atoms with E-state index in [1.54, 1.807) is 4.52 Å². The van der Waals surface area contributed by atoms with Crippen molar-refractivity contribution in [2.24, 2.45) is 5.41 Å². The smallest absolute Gasteiger partial charge is 0.306 e. The number of nitrogens with one attached hydrogen (secondary N) is 1. The third-order valence-corrected chi connectivity index (χ3v) is 5.00. The van der Waals surface area contributed by atoms with Gasteiger partial charge in [0.05, 0.1) is 13.5 Å². The van der Waals surface area contributed by atoms with Crippen molar-refractivity contribution in [2.45, 2.75) is 31.2 Å². The Hall–Kier alpha value is -1.70.